The zero-order valence-electron chi connectivity index (χ0n) is 17.2. The Morgan fingerprint density at radius 3 is 2.59 bits per heavy atom. The Bertz CT molecular complexity index is 1490. The van der Waals surface area contributed by atoms with Crippen LogP contribution in [0.2, 0.25) is 0 Å². The van der Waals surface area contributed by atoms with E-state index >= 15 is 0 Å². The Labute approximate surface area is 180 Å². The van der Waals surface area contributed by atoms with E-state index in [0.717, 1.165) is 5.56 Å². The minimum absolute atomic E-state index is 0.180. The van der Waals surface area contributed by atoms with E-state index in [1.807, 2.05) is 13.0 Å². The molecule has 0 bridgehead atoms. The average Bonchev–Trinajstić information content (AvgIpc) is 3.33. The van der Waals surface area contributed by atoms with Crippen molar-refractivity contribution in [2.45, 2.75) is 20.5 Å². The minimum Gasteiger partial charge on any atom is -0.485 e. The molecule has 0 N–H and O–H groups in total. The van der Waals surface area contributed by atoms with Crippen LogP contribution in [0.1, 0.15) is 27.3 Å². The lowest BCUT2D eigenvalue weighted by Gasteiger charge is -2.11. The van der Waals surface area contributed by atoms with Crippen molar-refractivity contribution in [3.63, 3.8) is 0 Å². The van der Waals surface area contributed by atoms with Crippen LogP contribution >= 0.6 is 0 Å². The van der Waals surface area contributed by atoms with Crippen LogP contribution in [-0.4, -0.2) is 30.3 Å². The first kappa shape index (κ1) is 19.8. The zero-order valence-corrected chi connectivity index (χ0v) is 17.2. The van der Waals surface area contributed by atoms with Crippen molar-refractivity contribution in [2.75, 3.05) is 0 Å². The SMILES string of the molecule is Cc1cc(OCc2c(F)cccc2F)c2nc(C)c(C(=O)n3nnc4ccccc43)n2c1. The predicted octanol–water partition coefficient (Wildman–Crippen LogP) is 4.24. The van der Waals surface area contributed by atoms with Crippen LogP contribution in [0.4, 0.5) is 8.78 Å². The second-order valence-corrected chi connectivity index (χ2v) is 7.41. The number of fused-ring (bicyclic) bond motifs is 2. The van der Waals surface area contributed by atoms with Gasteiger partial charge in [-0.1, -0.05) is 23.4 Å². The van der Waals surface area contributed by atoms with Gasteiger partial charge >= 0.3 is 0 Å². The Hall–Kier alpha value is -4.14. The average molecular weight is 433 g/mol. The summed E-state index contributed by atoms with van der Waals surface area (Å²) in [6.07, 6.45) is 1.75. The molecule has 7 nitrogen and oxygen atoms in total. The van der Waals surface area contributed by atoms with Crippen LogP contribution in [0.5, 0.6) is 5.75 Å². The lowest BCUT2D eigenvalue weighted by Crippen LogP contribution is -2.17. The molecule has 5 aromatic rings. The molecule has 9 heteroatoms. The van der Waals surface area contributed by atoms with Crippen LogP contribution in [0.3, 0.4) is 0 Å². The van der Waals surface area contributed by atoms with E-state index in [1.54, 1.807) is 41.8 Å². The number of rotatable bonds is 4. The van der Waals surface area contributed by atoms with Gasteiger partial charge in [0, 0.05) is 6.20 Å². The smallest absolute Gasteiger partial charge is 0.299 e. The fraction of sp³-hybridized carbons (Fsp3) is 0.130. The van der Waals surface area contributed by atoms with E-state index in [2.05, 4.69) is 15.3 Å². The molecule has 0 saturated heterocycles. The molecule has 0 unspecified atom stereocenters. The highest BCUT2D eigenvalue weighted by Gasteiger charge is 2.23. The first-order valence-corrected chi connectivity index (χ1v) is 9.84. The Morgan fingerprint density at radius 1 is 1.06 bits per heavy atom. The third-order valence-corrected chi connectivity index (χ3v) is 5.18. The standard InChI is InChI=1S/C23H17F2N5O2/c1-13-10-20(32-12-15-16(24)6-5-7-17(15)25)22-26-14(2)21(29(22)11-13)23(31)30-19-9-4-3-8-18(19)27-28-30/h3-11H,12H2,1-2H3. The van der Waals surface area contributed by atoms with Crippen molar-refractivity contribution in [1.29, 1.82) is 0 Å². The maximum Gasteiger partial charge on any atom is 0.299 e. The summed E-state index contributed by atoms with van der Waals surface area (Å²) in [4.78, 5) is 17.9. The molecule has 0 aliphatic heterocycles. The second-order valence-electron chi connectivity index (χ2n) is 7.41. The number of carbonyl (C=O) groups excluding carboxylic acids is 1. The van der Waals surface area contributed by atoms with Gasteiger partial charge < -0.3 is 4.74 Å². The third-order valence-electron chi connectivity index (χ3n) is 5.18. The quantitative estimate of drug-likeness (QED) is 0.424. The van der Waals surface area contributed by atoms with Crippen LogP contribution < -0.4 is 4.74 Å². The van der Waals surface area contributed by atoms with Gasteiger partial charge in [-0.15, -0.1) is 5.10 Å². The summed E-state index contributed by atoms with van der Waals surface area (Å²) in [5.41, 5.74) is 2.88. The van der Waals surface area contributed by atoms with E-state index in [9.17, 15) is 13.6 Å². The molecular formula is C23H17F2N5O2. The number of carbonyl (C=O) groups is 1. The fourth-order valence-electron chi connectivity index (χ4n) is 3.66. The molecule has 0 spiro atoms. The van der Waals surface area contributed by atoms with E-state index in [1.165, 1.54) is 22.9 Å². The topological polar surface area (TPSA) is 74.3 Å². The van der Waals surface area contributed by atoms with Gasteiger partial charge in [0.05, 0.1) is 16.8 Å². The van der Waals surface area contributed by atoms with Crippen LogP contribution in [0.15, 0.2) is 54.7 Å². The Morgan fingerprint density at radius 2 is 1.81 bits per heavy atom. The van der Waals surface area contributed by atoms with Crippen molar-refractivity contribution in [2.24, 2.45) is 0 Å². The number of hydrogen-bond donors (Lipinski definition) is 0. The molecule has 3 aromatic heterocycles. The van der Waals surface area contributed by atoms with Gasteiger partial charge in [0.25, 0.3) is 5.91 Å². The first-order chi connectivity index (χ1) is 15.4. The summed E-state index contributed by atoms with van der Waals surface area (Å²) in [5, 5.41) is 8.04. The summed E-state index contributed by atoms with van der Waals surface area (Å²) >= 11 is 0. The van der Waals surface area contributed by atoms with Gasteiger partial charge in [0.1, 0.15) is 29.5 Å². The number of pyridine rings is 1. The number of hydrogen-bond acceptors (Lipinski definition) is 5. The van der Waals surface area contributed by atoms with Gasteiger partial charge in [-0.25, -0.2) is 13.8 Å². The van der Waals surface area contributed by atoms with E-state index in [-0.39, 0.29) is 12.2 Å². The lowest BCUT2D eigenvalue weighted by atomic mass is 10.2. The van der Waals surface area contributed by atoms with Crippen molar-refractivity contribution in [3.8, 4) is 5.75 Å². The lowest BCUT2D eigenvalue weighted by molar-refractivity contribution is 0.0941. The van der Waals surface area contributed by atoms with Gasteiger partial charge in [-0.2, -0.15) is 4.68 Å². The van der Waals surface area contributed by atoms with Crippen LogP contribution in [-0.2, 0) is 6.61 Å². The maximum absolute atomic E-state index is 14.0. The minimum atomic E-state index is -0.692. The number of nitrogens with zero attached hydrogens (tertiary/aromatic N) is 5. The summed E-state index contributed by atoms with van der Waals surface area (Å²) in [7, 11) is 0. The zero-order chi connectivity index (χ0) is 22.4. The van der Waals surface area contributed by atoms with E-state index in [4.69, 9.17) is 4.74 Å². The molecule has 32 heavy (non-hydrogen) atoms. The predicted molar refractivity (Wildman–Crippen MR) is 113 cm³/mol. The monoisotopic (exact) mass is 433 g/mol. The van der Waals surface area contributed by atoms with Gasteiger partial charge in [-0.05, 0) is 49.7 Å². The first-order valence-electron chi connectivity index (χ1n) is 9.84. The largest absolute Gasteiger partial charge is 0.485 e. The molecule has 0 radical (unpaired) electrons. The van der Waals surface area contributed by atoms with Crippen molar-refractivity contribution >= 4 is 22.6 Å². The summed E-state index contributed by atoms with van der Waals surface area (Å²) < 4.78 is 36.6. The molecule has 0 saturated carbocycles. The highest BCUT2D eigenvalue weighted by Crippen LogP contribution is 2.26. The highest BCUT2D eigenvalue weighted by molar-refractivity contribution is 6.00. The third kappa shape index (κ3) is 3.18. The molecule has 5 rings (SSSR count). The molecular weight excluding hydrogens is 416 g/mol. The maximum atomic E-state index is 14.0. The molecule has 160 valence electrons. The molecule has 0 aliphatic carbocycles. The Kier molecular flexibility index (Phi) is 4.66. The summed E-state index contributed by atoms with van der Waals surface area (Å²) in [6, 6.07) is 12.5. The van der Waals surface area contributed by atoms with Gasteiger partial charge in [0.15, 0.2) is 11.4 Å². The number of para-hydroxylation sites is 1. The number of aromatic nitrogens is 5. The molecule has 0 aliphatic rings. The summed E-state index contributed by atoms with van der Waals surface area (Å²) in [5.74, 6) is -1.48. The van der Waals surface area contributed by atoms with Crippen molar-refractivity contribution in [3.05, 3.63) is 88.9 Å². The van der Waals surface area contributed by atoms with E-state index in [0.29, 0.717) is 33.8 Å². The molecule has 2 aromatic carbocycles. The Balaban J connectivity index is 1.58. The van der Waals surface area contributed by atoms with E-state index < -0.39 is 17.5 Å². The van der Waals surface area contributed by atoms with Crippen molar-refractivity contribution in [1.82, 2.24) is 24.4 Å². The number of aryl methyl sites for hydroxylation is 2. The molecule has 0 atom stereocenters. The van der Waals surface area contributed by atoms with Gasteiger partial charge in [-0.3, -0.25) is 9.20 Å². The van der Waals surface area contributed by atoms with Crippen molar-refractivity contribution < 1.29 is 18.3 Å². The fourth-order valence-corrected chi connectivity index (χ4v) is 3.66. The number of imidazole rings is 1. The molecule has 0 amide bonds. The summed E-state index contributed by atoms with van der Waals surface area (Å²) in [6.45, 7) is 3.21. The van der Waals surface area contributed by atoms with Crippen LogP contribution in [0, 0.1) is 25.5 Å². The number of benzene rings is 2. The normalized spacial score (nSPS) is 11.4. The molecule has 3 heterocycles. The number of ether oxygens (including phenoxy) is 1. The second kappa shape index (κ2) is 7.52. The van der Waals surface area contributed by atoms with Gasteiger partial charge in [0.2, 0.25) is 0 Å². The molecule has 0 fully saturated rings. The van der Waals surface area contributed by atoms with Crippen LogP contribution in [0.25, 0.3) is 16.7 Å². The number of halogens is 2. The highest BCUT2D eigenvalue weighted by atomic mass is 19.1.